The Kier molecular flexibility index (Phi) is 5.51. The normalized spacial score (nSPS) is 21.5. The maximum absolute atomic E-state index is 13.4. The Balaban J connectivity index is 1.44. The zero-order chi connectivity index (χ0) is 22.1. The Hall–Kier alpha value is -3.42. The fourth-order valence-corrected chi connectivity index (χ4v) is 4.88. The number of benzene rings is 1. The highest BCUT2D eigenvalue weighted by molar-refractivity contribution is 5.60. The van der Waals surface area contributed by atoms with Gasteiger partial charge in [-0.15, -0.1) is 0 Å². The molecule has 3 aromatic heterocycles. The molecule has 1 fully saturated rings. The van der Waals surface area contributed by atoms with Crippen LogP contribution in [0.2, 0.25) is 0 Å². The van der Waals surface area contributed by atoms with Crippen molar-refractivity contribution in [1.29, 1.82) is 0 Å². The minimum absolute atomic E-state index is 0.150. The van der Waals surface area contributed by atoms with Gasteiger partial charge in [-0.2, -0.15) is 5.10 Å². The van der Waals surface area contributed by atoms with E-state index >= 15 is 0 Å². The zero-order valence-electron chi connectivity index (χ0n) is 17.9. The van der Waals surface area contributed by atoms with E-state index in [9.17, 15) is 9.18 Å². The van der Waals surface area contributed by atoms with Gasteiger partial charge in [0.1, 0.15) is 17.5 Å². The Labute approximate surface area is 184 Å². The SMILES string of the molecule is C[C@@H]1CC(Cc2ncccn2)CCC[C@H]1c1nn2c(-c3ccc(F)cc3)ncc2c(=O)[nH]1. The predicted molar refractivity (Wildman–Crippen MR) is 119 cm³/mol. The molecule has 1 aromatic carbocycles. The van der Waals surface area contributed by atoms with Crippen LogP contribution in [0.5, 0.6) is 0 Å². The van der Waals surface area contributed by atoms with Crippen molar-refractivity contribution >= 4 is 5.52 Å². The maximum atomic E-state index is 13.4. The van der Waals surface area contributed by atoms with Crippen LogP contribution in [0.15, 0.2) is 53.7 Å². The summed E-state index contributed by atoms with van der Waals surface area (Å²) in [4.78, 5) is 29.0. The lowest BCUT2D eigenvalue weighted by Gasteiger charge is -2.22. The molecule has 0 saturated heterocycles. The minimum atomic E-state index is -0.316. The molecular weight excluding hydrogens is 407 g/mol. The van der Waals surface area contributed by atoms with Crippen molar-refractivity contribution in [2.24, 2.45) is 11.8 Å². The van der Waals surface area contributed by atoms with Crippen LogP contribution in [0, 0.1) is 17.7 Å². The van der Waals surface area contributed by atoms with Crippen LogP contribution in [0.25, 0.3) is 16.9 Å². The number of nitrogens with zero attached hydrogens (tertiary/aromatic N) is 5. The molecular formula is C24H25FN6O. The summed E-state index contributed by atoms with van der Waals surface area (Å²) in [6.45, 7) is 2.23. The first-order valence-electron chi connectivity index (χ1n) is 11.1. The maximum Gasteiger partial charge on any atom is 0.276 e. The van der Waals surface area contributed by atoms with Gasteiger partial charge < -0.3 is 4.98 Å². The molecule has 1 unspecified atom stereocenters. The summed E-state index contributed by atoms with van der Waals surface area (Å²) in [6.07, 6.45) is 10.1. The van der Waals surface area contributed by atoms with Crippen molar-refractivity contribution in [2.75, 3.05) is 0 Å². The molecule has 0 aliphatic heterocycles. The van der Waals surface area contributed by atoms with E-state index in [0.29, 0.717) is 34.6 Å². The summed E-state index contributed by atoms with van der Waals surface area (Å²) in [5.74, 6) is 2.81. The number of aromatic nitrogens is 6. The summed E-state index contributed by atoms with van der Waals surface area (Å²) < 4.78 is 14.9. The number of rotatable bonds is 4. The van der Waals surface area contributed by atoms with Crippen molar-refractivity contribution < 1.29 is 4.39 Å². The zero-order valence-corrected chi connectivity index (χ0v) is 17.9. The van der Waals surface area contributed by atoms with Gasteiger partial charge >= 0.3 is 0 Å². The molecule has 5 rings (SSSR count). The largest absolute Gasteiger partial charge is 0.307 e. The molecule has 0 amide bonds. The number of imidazole rings is 1. The van der Waals surface area contributed by atoms with E-state index in [2.05, 4.69) is 26.9 Å². The highest BCUT2D eigenvalue weighted by atomic mass is 19.1. The number of hydrogen-bond donors (Lipinski definition) is 1. The van der Waals surface area contributed by atoms with Crippen LogP contribution in [-0.4, -0.2) is 29.5 Å². The number of halogens is 1. The Morgan fingerprint density at radius 2 is 1.91 bits per heavy atom. The van der Waals surface area contributed by atoms with Gasteiger partial charge in [0.25, 0.3) is 5.56 Å². The van der Waals surface area contributed by atoms with Gasteiger partial charge in [0, 0.05) is 30.3 Å². The molecule has 8 heteroatoms. The molecule has 0 bridgehead atoms. The summed E-state index contributed by atoms with van der Waals surface area (Å²) >= 11 is 0. The molecule has 1 aliphatic rings. The fourth-order valence-electron chi connectivity index (χ4n) is 4.88. The first kappa shape index (κ1) is 20.5. The topological polar surface area (TPSA) is 88.8 Å². The van der Waals surface area contributed by atoms with E-state index in [1.807, 2.05) is 6.07 Å². The van der Waals surface area contributed by atoms with Gasteiger partial charge in [-0.25, -0.2) is 23.9 Å². The van der Waals surface area contributed by atoms with Crippen molar-refractivity contribution in [3.8, 4) is 11.4 Å². The van der Waals surface area contributed by atoms with Crippen LogP contribution in [0.4, 0.5) is 4.39 Å². The first-order chi connectivity index (χ1) is 15.6. The quantitative estimate of drug-likeness (QED) is 0.489. The number of aromatic amines is 1. The number of fused-ring (bicyclic) bond motifs is 1. The van der Waals surface area contributed by atoms with Gasteiger partial charge in [-0.3, -0.25) is 4.79 Å². The third-order valence-corrected chi connectivity index (χ3v) is 6.48. The molecule has 3 heterocycles. The lowest BCUT2D eigenvalue weighted by Crippen LogP contribution is -2.22. The second-order valence-electron chi connectivity index (χ2n) is 8.71. The summed E-state index contributed by atoms with van der Waals surface area (Å²) in [5.41, 5.74) is 0.891. The molecule has 0 radical (unpaired) electrons. The second-order valence-corrected chi connectivity index (χ2v) is 8.71. The van der Waals surface area contributed by atoms with E-state index in [-0.39, 0.29) is 17.3 Å². The Bertz CT molecular complexity index is 1270. The van der Waals surface area contributed by atoms with E-state index in [0.717, 1.165) is 37.9 Å². The van der Waals surface area contributed by atoms with Gasteiger partial charge in [-0.1, -0.05) is 13.3 Å². The third-order valence-electron chi connectivity index (χ3n) is 6.48. The Morgan fingerprint density at radius 1 is 1.12 bits per heavy atom. The smallest absolute Gasteiger partial charge is 0.276 e. The minimum Gasteiger partial charge on any atom is -0.307 e. The van der Waals surface area contributed by atoms with Crippen LogP contribution >= 0.6 is 0 Å². The van der Waals surface area contributed by atoms with Crippen molar-refractivity contribution in [1.82, 2.24) is 29.5 Å². The molecule has 3 atom stereocenters. The van der Waals surface area contributed by atoms with E-state index in [1.54, 1.807) is 29.0 Å². The highest BCUT2D eigenvalue weighted by Gasteiger charge is 2.29. The van der Waals surface area contributed by atoms with Crippen molar-refractivity contribution in [3.63, 3.8) is 0 Å². The van der Waals surface area contributed by atoms with Crippen LogP contribution < -0.4 is 5.56 Å². The van der Waals surface area contributed by atoms with E-state index in [4.69, 9.17) is 5.10 Å². The monoisotopic (exact) mass is 432 g/mol. The predicted octanol–water partition coefficient (Wildman–Crippen LogP) is 4.17. The molecule has 1 aliphatic carbocycles. The Morgan fingerprint density at radius 3 is 2.69 bits per heavy atom. The highest BCUT2D eigenvalue weighted by Crippen LogP contribution is 2.38. The number of H-pyrrole nitrogens is 1. The molecule has 7 nitrogen and oxygen atoms in total. The van der Waals surface area contributed by atoms with Crippen molar-refractivity contribution in [2.45, 2.75) is 44.9 Å². The van der Waals surface area contributed by atoms with Crippen molar-refractivity contribution in [3.05, 3.63) is 76.7 Å². The molecule has 32 heavy (non-hydrogen) atoms. The van der Waals surface area contributed by atoms with Crippen LogP contribution in [0.1, 0.15) is 50.2 Å². The third kappa shape index (κ3) is 4.04. The van der Waals surface area contributed by atoms with Gasteiger partial charge in [0.05, 0.1) is 6.20 Å². The fraction of sp³-hybridized carbons (Fsp3) is 0.375. The molecule has 4 aromatic rings. The number of hydrogen-bond acceptors (Lipinski definition) is 5. The summed E-state index contributed by atoms with van der Waals surface area (Å²) in [7, 11) is 0. The first-order valence-corrected chi connectivity index (χ1v) is 11.1. The second kappa shape index (κ2) is 8.61. The standard InChI is InChI=1S/C24H25FN6O/c1-15-12-16(13-21-26-10-3-11-27-21)4-2-5-19(15)22-29-24(32)20-14-28-23(31(20)30-22)17-6-8-18(25)9-7-17/h3,6-11,14-16,19H,2,4-5,12-13H2,1H3,(H,29,30,32)/t15-,16?,19-/m1/s1. The average molecular weight is 433 g/mol. The van der Waals surface area contributed by atoms with Crippen LogP contribution in [0.3, 0.4) is 0 Å². The van der Waals surface area contributed by atoms with E-state index < -0.39 is 0 Å². The molecule has 0 spiro atoms. The summed E-state index contributed by atoms with van der Waals surface area (Å²) in [6, 6.07) is 7.90. The summed E-state index contributed by atoms with van der Waals surface area (Å²) in [5, 5.41) is 4.80. The van der Waals surface area contributed by atoms with Crippen LogP contribution in [-0.2, 0) is 6.42 Å². The molecule has 164 valence electrons. The molecule has 1 saturated carbocycles. The lowest BCUT2D eigenvalue weighted by atomic mass is 9.85. The van der Waals surface area contributed by atoms with Gasteiger partial charge in [0.2, 0.25) is 0 Å². The molecule has 1 N–H and O–H groups in total. The van der Waals surface area contributed by atoms with E-state index in [1.165, 1.54) is 18.3 Å². The van der Waals surface area contributed by atoms with Gasteiger partial charge in [0.15, 0.2) is 11.3 Å². The number of nitrogens with one attached hydrogen (secondary N) is 1. The lowest BCUT2D eigenvalue weighted by molar-refractivity contribution is 0.355. The average Bonchev–Trinajstić information content (AvgIpc) is 3.13. The van der Waals surface area contributed by atoms with Gasteiger partial charge in [-0.05, 0) is 61.4 Å².